The van der Waals surface area contributed by atoms with Crippen LogP contribution in [0.4, 0.5) is 0 Å². The molecule has 0 saturated carbocycles. The lowest BCUT2D eigenvalue weighted by Crippen LogP contribution is -2.40. The first-order valence-corrected chi connectivity index (χ1v) is 7.91. The molecule has 0 aliphatic carbocycles. The van der Waals surface area contributed by atoms with Gasteiger partial charge in [0.15, 0.2) is 0 Å². The summed E-state index contributed by atoms with van der Waals surface area (Å²) in [6.45, 7) is 0.899. The fourth-order valence-corrected chi connectivity index (χ4v) is 3.26. The Morgan fingerprint density at radius 1 is 1.14 bits per heavy atom. The van der Waals surface area contributed by atoms with Gasteiger partial charge in [-0.2, -0.15) is 0 Å². The van der Waals surface area contributed by atoms with Crippen LogP contribution in [-0.2, 0) is 11.2 Å². The summed E-state index contributed by atoms with van der Waals surface area (Å²) in [5.74, 6) is 5.78. The maximum atomic E-state index is 5.84. The van der Waals surface area contributed by atoms with Crippen LogP contribution in [0.25, 0.3) is 10.8 Å². The molecule has 0 radical (unpaired) electrons. The van der Waals surface area contributed by atoms with E-state index >= 15 is 0 Å². The van der Waals surface area contributed by atoms with E-state index in [0.717, 1.165) is 25.9 Å². The second-order valence-corrected chi connectivity index (χ2v) is 5.93. The molecule has 0 bridgehead atoms. The number of hydrogen-bond acceptors (Lipinski definition) is 3. The third-order valence-electron chi connectivity index (χ3n) is 4.40. The number of benzene rings is 2. The third kappa shape index (κ3) is 3.62. The van der Waals surface area contributed by atoms with E-state index in [1.165, 1.54) is 29.2 Å². The largest absolute Gasteiger partial charge is 0.378 e. The fourth-order valence-electron chi connectivity index (χ4n) is 3.26. The maximum Gasteiger partial charge on any atom is 0.0590 e. The molecule has 1 heterocycles. The van der Waals surface area contributed by atoms with Gasteiger partial charge in [0.05, 0.1) is 6.10 Å². The molecule has 1 aliphatic heterocycles. The van der Waals surface area contributed by atoms with Gasteiger partial charge in [-0.1, -0.05) is 42.5 Å². The summed E-state index contributed by atoms with van der Waals surface area (Å²) in [7, 11) is 0. The number of nitrogens with two attached hydrogens (primary N) is 1. The number of rotatable bonds is 5. The smallest absolute Gasteiger partial charge is 0.0590 e. The van der Waals surface area contributed by atoms with Crippen molar-refractivity contribution in [2.24, 2.45) is 5.84 Å². The van der Waals surface area contributed by atoms with Crippen molar-refractivity contribution in [3.8, 4) is 0 Å². The van der Waals surface area contributed by atoms with E-state index in [1.54, 1.807) is 0 Å². The van der Waals surface area contributed by atoms with E-state index in [9.17, 15) is 0 Å². The van der Waals surface area contributed by atoms with Crippen molar-refractivity contribution in [3.63, 3.8) is 0 Å². The molecule has 3 nitrogen and oxygen atoms in total. The van der Waals surface area contributed by atoms with Crippen molar-refractivity contribution in [3.05, 3.63) is 48.0 Å². The molecule has 3 N–H and O–H groups in total. The molecule has 0 spiro atoms. The first-order valence-electron chi connectivity index (χ1n) is 7.91. The molecule has 0 aromatic heterocycles. The maximum absolute atomic E-state index is 5.84. The van der Waals surface area contributed by atoms with Crippen LogP contribution >= 0.6 is 0 Å². The topological polar surface area (TPSA) is 47.3 Å². The number of ether oxygens (including phenoxy) is 1. The van der Waals surface area contributed by atoms with Crippen LogP contribution in [0.15, 0.2) is 42.5 Å². The van der Waals surface area contributed by atoms with Crippen LogP contribution in [0.2, 0.25) is 0 Å². The summed E-state index contributed by atoms with van der Waals surface area (Å²) in [5.41, 5.74) is 4.34. The van der Waals surface area contributed by atoms with Crippen molar-refractivity contribution in [1.82, 2.24) is 5.43 Å². The minimum Gasteiger partial charge on any atom is -0.378 e. The highest BCUT2D eigenvalue weighted by Gasteiger charge is 2.19. The minimum absolute atomic E-state index is 0.263. The van der Waals surface area contributed by atoms with E-state index in [0.29, 0.717) is 6.10 Å². The molecule has 2 aromatic carbocycles. The predicted molar refractivity (Wildman–Crippen MR) is 87.0 cm³/mol. The highest BCUT2D eigenvalue weighted by molar-refractivity contribution is 5.85. The molecule has 1 aliphatic rings. The fraction of sp³-hybridized carbons (Fsp3) is 0.444. The lowest BCUT2D eigenvalue weighted by Gasteiger charge is -2.27. The standard InChI is InChI=1S/C18H24N2O/c19-20-16(13-17-9-3-4-11-21-17)12-15-8-5-7-14-6-1-2-10-18(14)15/h1-2,5-8,10,16-17,20H,3-4,9,11-13,19H2. The summed E-state index contributed by atoms with van der Waals surface area (Å²) in [4.78, 5) is 0. The molecule has 1 saturated heterocycles. The second kappa shape index (κ2) is 7.03. The van der Waals surface area contributed by atoms with Crippen LogP contribution in [-0.4, -0.2) is 18.8 Å². The Bertz CT molecular complexity index is 573. The van der Waals surface area contributed by atoms with Gasteiger partial charge in [0.1, 0.15) is 0 Å². The van der Waals surface area contributed by atoms with Gasteiger partial charge < -0.3 is 4.74 Å². The molecule has 3 heteroatoms. The molecule has 3 rings (SSSR count). The van der Waals surface area contributed by atoms with E-state index in [-0.39, 0.29) is 6.04 Å². The first-order chi connectivity index (χ1) is 10.4. The SMILES string of the molecule is NNC(Cc1cccc2ccccc12)CC1CCCCO1. The molecule has 1 fully saturated rings. The highest BCUT2D eigenvalue weighted by Crippen LogP contribution is 2.22. The average molecular weight is 284 g/mol. The zero-order valence-electron chi connectivity index (χ0n) is 12.4. The highest BCUT2D eigenvalue weighted by atomic mass is 16.5. The number of fused-ring (bicyclic) bond motifs is 1. The van der Waals surface area contributed by atoms with Crippen molar-refractivity contribution in [1.29, 1.82) is 0 Å². The van der Waals surface area contributed by atoms with Crippen LogP contribution in [0, 0.1) is 0 Å². The summed E-state index contributed by atoms with van der Waals surface area (Å²) in [5, 5.41) is 2.62. The minimum atomic E-state index is 0.263. The monoisotopic (exact) mass is 284 g/mol. The Hall–Kier alpha value is -1.42. The van der Waals surface area contributed by atoms with Gasteiger partial charge >= 0.3 is 0 Å². The molecule has 2 aromatic rings. The normalized spacial score (nSPS) is 20.5. The van der Waals surface area contributed by atoms with Gasteiger partial charge in [-0.05, 0) is 48.4 Å². The Labute approximate surface area is 126 Å². The van der Waals surface area contributed by atoms with E-state index < -0.39 is 0 Å². The molecule has 2 unspecified atom stereocenters. The van der Waals surface area contributed by atoms with Crippen molar-refractivity contribution in [2.45, 2.75) is 44.2 Å². The predicted octanol–water partition coefficient (Wildman–Crippen LogP) is 3.17. The van der Waals surface area contributed by atoms with Crippen LogP contribution in [0.1, 0.15) is 31.2 Å². The van der Waals surface area contributed by atoms with Crippen LogP contribution in [0.5, 0.6) is 0 Å². The zero-order valence-corrected chi connectivity index (χ0v) is 12.4. The van der Waals surface area contributed by atoms with E-state index in [4.69, 9.17) is 10.6 Å². The number of hydrogen-bond donors (Lipinski definition) is 2. The molecule has 0 amide bonds. The van der Waals surface area contributed by atoms with Gasteiger partial charge in [-0.3, -0.25) is 11.3 Å². The van der Waals surface area contributed by atoms with Gasteiger partial charge in [0, 0.05) is 12.6 Å². The van der Waals surface area contributed by atoms with Crippen LogP contribution in [0.3, 0.4) is 0 Å². The third-order valence-corrected chi connectivity index (χ3v) is 4.40. The zero-order chi connectivity index (χ0) is 14.5. The average Bonchev–Trinajstić information content (AvgIpc) is 2.55. The van der Waals surface area contributed by atoms with Gasteiger partial charge in [0.25, 0.3) is 0 Å². The molecule has 2 atom stereocenters. The second-order valence-electron chi connectivity index (χ2n) is 5.93. The van der Waals surface area contributed by atoms with Gasteiger partial charge in [-0.15, -0.1) is 0 Å². The summed E-state index contributed by atoms with van der Waals surface area (Å²) in [6.07, 6.45) is 5.91. The summed E-state index contributed by atoms with van der Waals surface area (Å²) < 4.78 is 5.84. The Kier molecular flexibility index (Phi) is 4.86. The van der Waals surface area contributed by atoms with Crippen molar-refractivity contribution >= 4 is 10.8 Å². The summed E-state index contributed by atoms with van der Waals surface area (Å²) >= 11 is 0. The lowest BCUT2D eigenvalue weighted by molar-refractivity contribution is 0.00525. The molecular formula is C18H24N2O. The quantitative estimate of drug-likeness (QED) is 0.655. The Morgan fingerprint density at radius 3 is 2.81 bits per heavy atom. The first kappa shape index (κ1) is 14.5. The molecule has 112 valence electrons. The Morgan fingerprint density at radius 2 is 2.00 bits per heavy atom. The van der Waals surface area contributed by atoms with E-state index in [2.05, 4.69) is 47.9 Å². The van der Waals surface area contributed by atoms with Gasteiger partial charge in [0.2, 0.25) is 0 Å². The van der Waals surface area contributed by atoms with Crippen LogP contribution < -0.4 is 11.3 Å². The number of hydrazine groups is 1. The summed E-state index contributed by atoms with van der Waals surface area (Å²) in [6, 6.07) is 15.3. The van der Waals surface area contributed by atoms with E-state index in [1.807, 2.05) is 0 Å². The van der Waals surface area contributed by atoms with Crippen molar-refractivity contribution < 1.29 is 4.74 Å². The van der Waals surface area contributed by atoms with Gasteiger partial charge in [-0.25, -0.2) is 0 Å². The Balaban J connectivity index is 1.72. The lowest BCUT2D eigenvalue weighted by atomic mass is 9.94. The number of nitrogens with one attached hydrogen (secondary N) is 1. The van der Waals surface area contributed by atoms with Crippen molar-refractivity contribution in [2.75, 3.05) is 6.61 Å². The molecular weight excluding hydrogens is 260 g/mol. The molecule has 21 heavy (non-hydrogen) atoms.